The maximum absolute atomic E-state index is 5.98. The van der Waals surface area contributed by atoms with E-state index in [1.165, 1.54) is 82.6 Å². The molecule has 2 aliphatic rings. The van der Waals surface area contributed by atoms with Crippen LogP contribution in [0, 0.1) is 23.7 Å². The molecule has 2 fully saturated rings. The maximum atomic E-state index is 5.98. The van der Waals surface area contributed by atoms with Gasteiger partial charge in [-0.1, -0.05) is 55.5 Å². The molecule has 2 aliphatic carbocycles. The van der Waals surface area contributed by atoms with Gasteiger partial charge in [0.2, 0.25) is 0 Å². The fourth-order valence-corrected chi connectivity index (χ4v) is 5.40. The predicted octanol–water partition coefficient (Wildman–Crippen LogP) is 7.85. The van der Waals surface area contributed by atoms with Crippen LogP contribution in [0.25, 0.3) is 0 Å². The summed E-state index contributed by atoms with van der Waals surface area (Å²) in [5.41, 5.74) is 1.45. The van der Waals surface area contributed by atoms with Gasteiger partial charge in [-0.25, -0.2) is 0 Å². The normalized spacial score (nSPS) is 30.1. The molecule has 0 aromatic heterocycles. The summed E-state index contributed by atoms with van der Waals surface area (Å²) in [5.74, 6) is 4.02. The molecule has 0 aliphatic heterocycles. The lowest BCUT2D eigenvalue weighted by molar-refractivity contribution is 0.141. The number of hydrogen-bond donors (Lipinski definition) is 0. The largest absolute Gasteiger partial charge is 0.103 e. The van der Waals surface area contributed by atoms with Gasteiger partial charge in [0.15, 0.2) is 0 Å². The molecule has 138 valence electrons. The Kier molecular flexibility index (Phi) is 7.47. The number of aryl methyl sites for hydroxylation is 1. The summed E-state index contributed by atoms with van der Waals surface area (Å²) in [7, 11) is 0. The summed E-state index contributed by atoms with van der Waals surface area (Å²) in [5, 5.41) is 0.850. The number of allylic oxidation sites excluding steroid dienone is 1. The Bertz CT molecular complexity index is 501. The zero-order valence-electron chi connectivity index (χ0n) is 15.8. The van der Waals surface area contributed by atoms with Gasteiger partial charge in [-0.15, -0.1) is 6.58 Å². The summed E-state index contributed by atoms with van der Waals surface area (Å²) in [6, 6.07) is 8.44. The van der Waals surface area contributed by atoms with Crippen molar-refractivity contribution in [2.24, 2.45) is 23.7 Å². The summed E-state index contributed by atoms with van der Waals surface area (Å²) < 4.78 is 0. The number of hydrogen-bond acceptors (Lipinski definition) is 0. The second-order valence-electron chi connectivity index (χ2n) is 8.59. The van der Waals surface area contributed by atoms with Crippen LogP contribution in [-0.2, 0) is 6.42 Å². The van der Waals surface area contributed by atoms with E-state index >= 15 is 0 Å². The van der Waals surface area contributed by atoms with Crippen LogP contribution in [0.5, 0.6) is 0 Å². The Morgan fingerprint density at radius 3 is 1.84 bits per heavy atom. The highest BCUT2D eigenvalue weighted by atomic mass is 35.5. The molecule has 0 radical (unpaired) electrons. The minimum atomic E-state index is 0.850. The zero-order valence-corrected chi connectivity index (χ0v) is 16.5. The first-order valence-electron chi connectivity index (χ1n) is 10.6. The molecule has 2 saturated carbocycles. The van der Waals surface area contributed by atoms with Gasteiger partial charge in [0, 0.05) is 5.02 Å². The van der Waals surface area contributed by atoms with Crippen LogP contribution in [0.15, 0.2) is 36.9 Å². The molecule has 3 rings (SSSR count). The van der Waals surface area contributed by atoms with Crippen molar-refractivity contribution in [3.05, 3.63) is 47.5 Å². The van der Waals surface area contributed by atoms with Crippen molar-refractivity contribution in [3.8, 4) is 0 Å². The number of benzene rings is 1. The van der Waals surface area contributed by atoms with Crippen LogP contribution < -0.4 is 0 Å². The molecule has 0 amide bonds. The summed E-state index contributed by atoms with van der Waals surface area (Å²) in [6.45, 7) is 3.87. The molecule has 0 unspecified atom stereocenters. The van der Waals surface area contributed by atoms with Crippen LogP contribution >= 0.6 is 11.6 Å². The van der Waals surface area contributed by atoms with E-state index in [1.807, 2.05) is 12.1 Å². The van der Waals surface area contributed by atoms with Gasteiger partial charge in [-0.3, -0.25) is 0 Å². The SMILES string of the molecule is C=CCC[C@H]1CC[C@H](C2CCC(CCc3ccc(Cl)cc3)CC2)CC1. The summed E-state index contributed by atoms with van der Waals surface area (Å²) >= 11 is 5.98. The van der Waals surface area contributed by atoms with E-state index in [4.69, 9.17) is 11.6 Å². The second-order valence-corrected chi connectivity index (χ2v) is 9.03. The van der Waals surface area contributed by atoms with E-state index < -0.39 is 0 Å². The number of rotatable bonds is 7. The van der Waals surface area contributed by atoms with Crippen LogP contribution in [0.2, 0.25) is 5.02 Å². The summed E-state index contributed by atoms with van der Waals surface area (Å²) in [6.07, 6.45) is 19.2. The van der Waals surface area contributed by atoms with Crippen molar-refractivity contribution in [3.63, 3.8) is 0 Å². The van der Waals surface area contributed by atoms with Crippen molar-refractivity contribution in [1.29, 1.82) is 0 Å². The molecule has 1 heteroatoms. The Morgan fingerprint density at radius 1 is 0.800 bits per heavy atom. The van der Waals surface area contributed by atoms with Crippen molar-refractivity contribution >= 4 is 11.6 Å². The molecular weight excluding hydrogens is 324 g/mol. The molecule has 0 bridgehead atoms. The van der Waals surface area contributed by atoms with Crippen molar-refractivity contribution in [2.45, 2.75) is 77.0 Å². The molecule has 1 aromatic rings. The van der Waals surface area contributed by atoms with Crippen molar-refractivity contribution < 1.29 is 0 Å². The maximum Gasteiger partial charge on any atom is 0.0406 e. The van der Waals surface area contributed by atoms with E-state index in [9.17, 15) is 0 Å². The van der Waals surface area contributed by atoms with Crippen molar-refractivity contribution in [1.82, 2.24) is 0 Å². The van der Waals surface area contributed by atoms with E-state index in [-0.39, 0.29) is 0 Å². The third-order valence-electron chi connectivity index (χ3n) is 6.98. The Labute approximate surface area is 160 Å². The second kappa shape index (κ2) is 9.81. The highest BCUT2D eigenvalue weighted by Crippen LogP contribution is 2.42. The summed E-state index contributed by atoms with van der Waals surface area (Å²) in [4.78, 5) is 0. The minimum Gasteiger partial charge on any atom is -0.103 e. The zero-order chi connectivity index (χ0) is 17.5. The molecule has 0 heterocycles. The van der Waals surface area contributed by atoms with Crippen molar-refractivity contribution in [2.75, 3.05) is 0 Å². The highest BCUT2D eigenvalue weighted by Gasteiger charge is 2.30. The number of halogens is 1. The minimum absolute atomic E-state index is 0.850. The first-order valence-corrected chi connectivity index (χ1v) is 11.0. The van der Waals surface area contributed by atoms with E-state index in [1.54, 1.807) is 0 Å². The first-order chi connectivity index (χ1) is 12.2. The van der Waals surface area contributed by atoms with Gasteiger partial charge in [0.25, 0.3) is 0 Å². The fourth-order valence-electron chi connectivity index (χ4n) is 5.27. The van der Waals surface area contributed by atoms with Gasteiger partial charge in [-0.05, 0) is 92.7 Å². The Balaban J connectivity index is 1.34. The van der Waals surface area contributed by atoms with Crippen LogP contribution in [0.3, 0.4) is 0 Å². The molecule has 0 saturated heterocycles. The smallest absolute Gasteiger partial charge is 0.0406 e. The monoisotopic (exact) mass is 358 g/mol. The van der Waals surface area contributed by atoms with Gasteiger partial charge in [-0.2, -0.15) is 0 Å². The predicted molar refractivity (Wildman–Crippen MR) is 110 cm³/mol. The first kappa shape index (κ1) is 19.0. The van der Waals surface area contributed by atoms with Gasteiger partial charge in [0.05, 0.1) is 0 Å². The van der Waals surface area contributed by atoms with Gasteiger partial charge in [0.1, 0.15) is 0 Å². The molecule has 0 atom stereocenters. The Morgan fingerprint density at radius 2 is 1.32 bits per heavy atom. The molecule has 25 heavy (non-hydrogen) atoms. The quantitative estimate of drug-likeness (QED) is 0.435. The van der Waals surface area contributed by atoms with Gasteiger partial charge >= 0.3 is 0 Å². The van der Waals surface area contributed by atoms with Crippen LogP contribution in [0.4, 0.5) is 0 Å². The average Bonchev–Trinajstić information content (AvgIpc) is 2.67. The molecule has 0 N–H and O–H groups in total. The standard InChI is InChI=1S/C24H35Cl/c1-2-3-4-19-7-13-22(14-8-19)23-15-9-20(10-16-23)5-6-21-11-17-24(25)18-12-21/h2,11-12,17-20,22-23H,1,3-10,13-16H2/t19-,20?,22-,23?. The highest BCUT2D eigenvalue weighted by molar-refractivity contribution is 6.30. The lowest BCUT2D eigenvalue weighted by Crippen LogP contribution is -2.26. The molecule has 0 nitrogen and oxygen atoms in total. The van der Waals surface area contributed by atoms with Gasteiger partial charge < -0.3 is 0 Å². The van der Waals surface area contributed by atoms with Crippen LogP contribution in [-0.4, -0.2) is 0 Å². The van der Waals surface area contributed by atoms with E-state index in [2.05, 4.69) is 24.8 Å². The average molecular weight is 359 g/mol. The molecule has 0 spiro atoms. The molecular formula is C24H35Cl. The molecule has 1 aromatic carbocycles. The fraction of sp³-hybridized carbons (Fsp3) is 0.667. The lowest BCUT2D eigenvalue weighted by Gasteiger charge is -2.38. The van der Waals surface area contributed by atoms with E-state index in [0.717, 1.165) is 28.7 Å². The van der Waals surface area contributed by atoms with E-state index in [0.29, 0.717) is 0 Å². The van der Waals surface area contributed by atoms with Crippen LogP contribution in [0.1, 0.15) is 76.2 Å². The lowest BCUT2D eigenvalue weighted by atomic mass is 9.68. The third kappa shape index (κ3) is 5.88. The Hall–Kier alpha value is -0.750. The topological polar surface area (TPSA) is 0 Å². The third-order valence-corrected chi connectivity index (χ3v) is 7.24.